The van der Waals surface area contributed by atoms with Crippen molar-refractivity contribution < 1.29 is 4.74 Å². The molecule has 2 rings (SSSR count). The van der Waals surface area contributed by atoms with Crippen LogP contribution in [0.1, 0.15) is 28.2 Å². The molecule has 17 heavy (non-hydrogen) atoms. The molecule has 1 aromatic heterocycles. The lowest BCUT2D eigenvalue weighted by Gasteiger charge is -2.28. The molecule has 96 valence electrons. The third-order valence-electron chi connectivity index (χ3n) is 3.41. The van der Waals surface area contributed by atoms with Crippen molar-refractivity contribution in [3.63, 3.8) is 0 Å². The standard InChI is InChI=1S/C13H22N2OS/c1-10-11(7-13(8-14)17-10)9-16-12-3-5-15(2)6-4-12/h7,12H,3-6,8-9,14H2,1-2H3. The molecule has 4 heteroatoms. The van der Waals surface area contributed by atoms with Gasteiger partial charge in [-0.05, 0) is 38.4 Å². The highest BCUT2D eigenvalue weighted by atomic mass is 32.1. The molecule has 0 spiro atoms. The molecule has 1 fully saturated rings. The second-order valence-corrected chi connectivity index (χ2v) is 6.15. The summed E-state index contributed by atoms with van der Waals surface area (Å²) >= 11 is 1.79. The zero-order valence-corrected chi connectivity index (χ0v) is 11.6. The van der Waals surface area contributed by atoms with Crippen LogP contribution in [0.25, 0.3) is 0 Å². The minimum Gasteiger partial charge on any atom is -0.373 e. The molecule has 0 radical (unpaired) electrons. The Morgan fingerprint density at radius 3 is 2.76 bits per heavy atom. The summed E-state index contributed by atoms with van der Waals surface area (Å²) in [6.45, 7) is 5.84. The zero-order chi connectivity index (χ0) is 12.3. The highest BCUT2D eigenvalue weighted by Gasteiger charge is 2.17. The average Bonchev–Trinajstić information content (AvgIpc) is 2.69. The molecule has 0 unspecified atom stereocenters. The van der Waals surface area contributed by atoms with E-state index >= 15 is 0 Å². The van der Waals surface area contributed by atoms with E-state index in [1.165, 1.54) is 15.3 Å². The molecule has 0 saturated carbocycles. The Labute approximate surface area is 108 Å². The highest BCUT2D eigenvalue weighted by molar-refractivity contribution is 7.12. The lowest BCUT2D eigenvalue weighted by Crippen LogP contribution is -2.34. The Balaban J connectivity index is 1.83. The first-order valence-electron chi connectivity index (χ1n) is 6.27. The van der Waals surface area contributed by atoms with Gasteiger partial charge >= 0.3 is 0 Å². The van der Waals surface area contributed by atoms with Gasteiger partial charge in [0.1, 0.15) is 0 Å². The fraction of sp³-hybridized carbons (Fsp3) is 0.692. The smallest absolute Gasteiger partial charge is 0.0731 e. The number of ether oxygens (including phenoxy) is 1. The molecule has 1 aromatic rings. The maximum Gasteiger partial charge on any atom is 0.0731 e. The number of likely N-dealkylation sites (tertiary alicyclic amines) is 1. The monoisotopic (exact) mass is 254 g/mol. The lowest BCUT2D eigenvalue weighted by molar-refractivity contribution is 0.00209. The van der Waals surface area contributed by atoms with Crippen molar-refractivity contribution in [3.05, 3.63) is 21.4 Å². The Kier molecular flexibility index (Phi) is 4.56. The first kappa shape index (κ1) is 13.0. The van der Waals surface area contributed by atoms with Crippen LogP contribution in [-0.2, 0) is 17.9 Å². The van der Waals surface area contributed by atoms with Gasteiger partial charge in [-0.2, -0.15) is 0 Å². The number of rotatable bonds is 4. The Hall–Kier alpha value is -0.420. The van der Waals surface area contributed by atoms with Gasteiger partial charge in [-0.25, -0.2) is 0 Å². The molecule has 0 aromatic carbocycles. The maximum atomic E-state index is 6.00. The van der Waals surface area contributed by atoms with Crippen LogP contribution in [0.4, 0.5) is 0 Å². The fourth-order valence-corrected chi connectivity index (χ4v) is 3.12. The molecular weight excluding hydrogens is 232 g/mol. The third-order valence-corrected chi connectivity index (χ3v) is 4.53. The van der Waals surface area contributed by atoms with Crippen LogP contribution in [-0.4, -0.2) is 31.1 Å². The molecule has 3 nitrogen and oxygen atoms in total. The normalized spacial score (nSPS) is 18.8. The Morgan fingerprint density at radius 2 is 2.18 bits per heavy atom. The summed E-state index contributed by atoms with van der Waals surface area (Å²) in [5, 5.41) is 0. The van der Waals surface area contributed by atoms with Gasteiger partial charge in [-0.3, -0.25) is 0 Å². The number of nitrogens with zero attached hydrogens (tertiary/aromatic N) is 1. The van der Waals surface area contributed by atoms with Crippen LogP contribution in [0.3, 0.4) is 0 Å². The van der Waals surface area contributed by atoms with Gasteiger partial charge < -0.3 is 15.4 Å². The van der Waals surface area contributed by atoms with Crippen LogP contribution in [0.2, 0.25) is 0 Å². The summed E-state index contributed by atoms with van der Waals surface area (Å²) in [4.78, 5) is 4.96. The van der Waals surface area contributed by atoms with E-state index in [1.807, 2.05) is 0 Å². The first-order valence-corrected chi connectivity index (χ1v) is 7.09. The Bertz CT molecular complexity index is 356. The predicted molar refractivity (Wildman–Crippen MR) is 72.3 cm³/mol. The lowest BCUT2D eigenvalue weighted by atomic mass is 10.1. The van der Waals surface area contributed by atoms with E-state index < -0.39 is 0 Å². The summed E-state index contributed by atoms with van der Waals surface area (Å²) in [5.41, 5.74) is 6.96. The molecule has 1 aliphatic heterocycles. The van der Waals surface area contributed by atoms with Crippen LogP contribution >= 0.6 is 11.3 Å². The quantitative estimate of drug-likeness (QED) is 0.894. The van der Waals surface area contributed by atoms with Crippen LogP contribution < -0.4 is 5.73 Å². The van der Waals surface area contributed by atoms with E-state index in [-0.39, 0.29) is 0 Å². The van der Waals surface area contributed by atoms with E-state index in [0.29, 0.717) is 12.6 Å². The number of thiophene rings is 1. The molecule has 0 atom stereocenters. The topological polar surface area (TPSA) is 38.5 Å². The highest BCUT2D eigenvalue weighted by Crippen LogP contribution is 2.23. The summed E-state index contributed by atoms with van der Waals surface area (Å²) < 4.78 is 6.00. The molecule has 1 saturated heterocycles. The fourth-order valence-electron chi connectivity index (χ4n) is 2.19. The average molecular weight is 254 g/mol. The largest absolute Gasteiger partial charge is 0.373 e. The zero-order valence-electron chi connectivity index (χ0n) is 10.7. The second kappa shape index (κ2) is 5.96. The van der Waals surface area contributed by atoms with Gasteiger partial charge in [0.05, 0.1) is 12.7 Å². The molecule has 0 aliphatic carbocycles. The van der Waals surface area contributed by atoms with E-state index in [9.17, 15) is 0 Å². The SMILES string of the molecule is Cc1sc(CN)cc1COC1CCN(C)CC1. The van der Waals surface area contributed by atoms with Crippen molar-refractivity contribution in [2.24, 2.45) is 5.73 Å². The van der Waals surface area contributed by atoms with Crippen LogP contribution in [0.5, 0.6) is 0 Å². The van der Waals surface area contributed by atoms with Gasteiger partial charge in [-0.15, -0.1) is 11.3 Å². The van der Waals surface area contributed by atoms with Crippen molar-refractivity contribution >= 4 is 11.3 Å². The van der Waals surface area contributed by atoms with E-state index in [0.717, 1.165) is 32.5 Å². The molecule has 2 N–H and O–H groups in total. The number of hydrogen-bond donors (Lipinski definition) is 1. The summed E-state index contributed by atoms with van der Waals surface area (Å²) in [6.07, 6.45) is 2.75. The number of hydrogen-bond acceptors (Lipinski definition) is 4. The predicted octanol–water partition coefficient (Wildman–Crippen LogP) is 2.13. The van der Waals surface area contributed by atoms with Gasteiger partial charge in [0.2, 0.25) is 0 Å². The van der Waals surface area contributed by atoms with E-state index in [4.69, 9.17) is 10.5 Å². The van der Waals surface area contributed by atoms with Crippen molar-refractivity contribution in [1.82, 2.24) is 4.90 Å². The van der Waals surface area contributed by atoms with Crippen molar-refractivity contribution in [3.8, 4) is 0 Å². The van der Waals surface area contributed by atoms with Crippen LogP contribution in [0.15, 0.2) is 6.07 Å². The maximum absolute atomic E-state index is 6.00. The van der Waals surface area contributed by atoms with Gasteiger partial charge in [-0.1, -0.05) is 0 Å². The summed E-state index contributed by atoms with van der Waals surface area (Å²) in [6, 6.07) is 2.19. The number of piperidine rings is 1. The first-order chi connectivity index (χ1) is 8.19. The summed E-state index contributed by atoms with van der Waals surface area (Å²) in [5.74, 6) is 0. The molecule has 2 heterocycles. The van der Waals surface area contributed by atoms with Crippen molar-refractivity contribution in [2.45, 2.75) is 39.0 Å². The molecule has 0 amide bonds. The Morgan fingerprint density at radius 1 is 1.47 bits per heavy atom. The van der Waals surface area contributed by atoms with Gasteiger partial charge in [0.25, 0.3) is 0 Å². The van der Waals surface area contributed by atoms with Crippen molar-refractivity contribution in [1.29, 1.82) is 0 Å². The minimum atomic E-state index is 0.437. The van der Waals surface area contributed by atoms with Crippen molar-refractivity contribution in [2.75, 3.05) is 20.1 Å². The van der Waals surface area contributed by atoms with E-state index in [2.05, 4.69) is 24.9 Å². The minimum absolute atomic E-state index is 0.437. The van der Waals surface area contributed by atoms with Gasteiger partial charge in [0.15, 0.2) is 0 Å². The number of nitrogens with two attached hydrogens (primary N) is 1. The molecule has 1 aliphatic rings. The molecular formula is C13H22N2OS. The summed E-state index contributed by atoms with van der Waals surface area (Å²) in [7, 11) is 2.17. The van der Waals surface area contributed by atoms with E-state index in [1.54, 1.807) is 11.3 Å². The molecule has 0 bridgehead atoms. The second-order valence-electron chi connectivity index (χ2n) is 4.81. The van der Waals surface area contributed by atoms with Gasteiger partial charge in [0, 0.05) is 29.4 Å². The van der Waals surface area contributed by atoms with Crippen LogP contribution in [0, 0.1) is 6.92 Å². The number of aryl methyl sites for hydroxylation is 1. The third kappa shape index (κ3) is 3.52.